The van der Waals surface area contributed by atoms with Gasteiger partial charge < -0.3 is 20.7 Å². The zero-order valence-corrected chi connectivity index (χ0v) is 12.7. The minimum atomic E-state index is -0.223. The fourth-order valence-corrected chi connectivity index (χ4v) is 1.58. The Bertz CT molecular complexity index is 475. The highest BCUT2D eigenvalue weighted by Crippen LogP contribution is 2.11. The molecule has 0 aliphatic rings. The Morgan fingerprint density at radius 2 is 1.86 bits per heavy atom. The molecule has 1 aromatic carbocycles. The van der Waals surface area contributed by atoms with Crippen LogP contribution in [0.3, 0.4) is 0 Å². The summed E-state index contributed by atoms with van der Waals surface area (Å²) >= 11 is 0. The van der Waals surface area contributed by atoms with Gasteiger partial charge in [0, 0.05) is 25.2 Å². The lowest BCUT2D eigenvalue weighted by Crippen LogP contribution is -2.41. The number of carbonyl (C=O) groups is 2. The van der Waals surface area contributed by atoms with E-state index in [0.717, 1.165) is 0 Å². The van der Waals surface area contributed by atoms with E-state index in [-0.39, 0.29) is 11.9 Å². The van der Waals surface area contributed by atoms with Crippen molar-refractivity contribution in [3.63, 3.8) is 0 Å². The molecular weight excluding hydrogens is 270 g/mol. The Hall–Kier alpha value is -2.24. The van der Waals surface area contributed by atoms with Crippen molar-refractivity contribution < 1.29 is 14.3 Å². The average Bonchev–Trinajstić information content (AvgIpc) is 2.49. The summed E-state index contributed by atoms with van der Waals surface area (Å²) in [5, 5.41) is 8.15. The molecule has 116 valence electrons. The second kappa shape index (κ2) is 8.84. The smallest absolute Gasteiger partial charge is 0.314 e. The van der Waals surface area contributed by atoms with E-state index in [9.17, 15) is 9.59 Å². The predicted octanol–water partition coefficient (Wildman–Crippen LogP) is 1.38. The van der Waals surface area contributed by atoms with Crippen molar-refractivity contribution >= 4 is 11.9 Å². The van der Waals surface area contributed by atoms with Crippen LogP contribution in [0.5, 0.6) is 5.75 Å². The summed E-state index contributed by atoms with van der Waals surface area (Å²) in [6.07, 6.45) is 0. The number of ether oxygens (including phenoxy) is 1. The van der Waals surface area contributed by atoms with Crippen LogP contribution in [0.25, 0.3) is 0 Å². The molecule has 21 heavy (non-hydrogen) atoms. The first-order valence-corrected chi connectivity index (χ1v) is 6.97. The first-order valence-electron chi connectivity index (χ1n) is 6.97. The fourth-order valence-electron chi connectivity index (χ4n) is 1.58. The Kier molecular flexibility index (Phi) is 7.08. The lowest BCUT2D eigenvalue weighted by Gasteiger charge is -2.10. The van der Waals surface area contributed by atoms with Crippen molar-refractivity contribution in [2.24, 2.45) is 5.92 Å². The van der Waals surface area contributed by atoms with E-state index in [4.69, 9.17) is 4.74 Å². The van der Waals surface area contributed by atoms with Gasteiger partial charge in [0.2, 0.25) is 0 Å². The molecule has 0 spiro atoms. The quantitative estimate of drug-likeness (QED) is 0.664. The summed E-state index contributed by atoms with van der Waals surface area (Å²) in [5.41, 5.74) is 0.526. The third-order valence-corrected chi connectivity index (χ3v) is 2.70. The van der Waals surface area contributed by atoms with E-state index in [1.807, 2.05) is 13.8 Å². The molecular formula is C15H23N3O3. The Labute approximate surface area is 125 Å². The van der Waals surface area contributed by atoms with Crippen LogP contribution in [0.15, 0.2) is 24.3 Å². The summed E-state index contributed by atoms with van der Waals surface area (Å²) < 4.78 is 5.06. The largest absolute Gasteiger partial charge is 0.497 e. The van der Waals surface area contributed by atoms with Crippen LogP contribution >= 0.6 is 0 Å². The van der Waals surface area contributed by atoms with E-state index in [2.05, 4.69) is 16.0 Å². The Morgan fingerprint density at radius 1 is 1.14 bits per heavy atom. The van der Waals surface area contributed by atoms with Crippen molar-refractivity contribution in [1.29, 1.82) is 0 Å². The number of hydrogen-bond acceptors (Lipinski definition) is 3. The lowest BCUT2D eigenvalue weighted by atomic mass is 10.2. The molecule has 3 amide bonds. The number of benzene rings is 1. The number of hydrogen-bond donors (Lipinski definition) is 3. The van der Waals surface area contributed by atoms with Crippen LogP contribution in [0.4, 0.5) is 4.79 Å². The molecule has 0 bridgehead atoms. The summed E-state index contributed by atoms with van der Waals surface area (Å²) in [6, 6.07) is 6.68. The second-order valence-corrected chi connectivity index (χ2v) is 5.02. The van der Waals surface area contributed by atoms with Gasteiger partial charge >= 0.3 is 6.03 Å². The third kappa shape index (κ3) is 6.65. The maximum atomic E-state index is 11.9. The van der Waals surface area contributed by atoms with Crippen molar-refractivity contribution in [2.45, 2.75) is 13.8 Å². The second-order valence-electron chi connectivity index (χ2n) is 5.02. The van der Waals surface area contributed by atoms with Gasteiger partial charge in [-0.1, -0.05) is 19.9 Å². The topological polar surface area (TPSA) is 79.5 Å². The van der Waals surface area contributed by atoms with Gasteiger partial charge in [-0.25, -0.2) is 4.79 Å². The highest BCUT2D eigenvalue weighted by atomic mass is 16.5. The minimum absolute atomic E-state index is 0.196. The molecule has 0 heterocycles. The molecule has 1 rings (SSSR count). The summed E-state index contributed by atoms with van der Waals surface area (Å²) in [7, 11) is 1.55. The first-order chi connectivity index (χ1) is 10.0. The number of amides is 3. The molecule has 0 aliphatic heterocycles. The monoisotopic (exact) mass is 293 g/mol. The fraction of sp³-hybridized carbons (Fsp3) is 0.467. The molecule has 1 aromatic rings. The standard InChI is InChI=1S/C15H23N3O3/c1-11(2)10-18-15(20)17-8-7-16-14(19)12-5-4-6-13(9-12)21-3/h4-6,9,11H,7-8,10H2,1-3H3,(H,16,19)(H2,17,18,20). The highest BCUT2D eigenvalue weighted by Gasteiger charge is 2.06. The maximum absolute atomic E-state index is 11.9. The van der Waals surface area contributed by atoms with Crippen LogP contribution in [-0.2, 0) is 0 Å². The molecule has 0 aromatic heterocycles. The van der Waals surface area contributed by atoms with Crippen LogP contribution in [0, 0.1) is 5.92 Å². The van der Waals surface area contributed by atoms with Gasteiger partial charge in [0.15, 0.2) is 0 Å². The van der Waals surface area contributed by atoms with Gasteiger partial charge in [-0.05, 0) is 24.1 Å². The number of methoxy groups -OCH3 is 1. The van der Waals surface area contributed by atoms with E-state index in [1.54, 1.807) is 31.4 Å². The van der Waals surface area contributed by atoms with Crippen molar-refractivity contribution in [1.82, 2.24) is 16.0 Å². The lowest BCUT2D eigenvalue weighted by molar-refractivity contribution is 0.0953. The Balaban J connectivity index is 2.26. The van der Waals surface area contributed by atoms with Gasteiger partial charge in [-0.2, -0.15) is 0 Å². The van der Waals surface area contributed by atoms with Crippen LogP contribution < -0.4 is 20.7 Å². The van der Waals surface area contributed by atoms with Gasteiger partial charge in [-0.15, -0.1) is 0 Å². The number of urea groups is 1. The van der Waals surface area contributed by atoms with Crippen molar-refractivity contribution in [2.75, 3.05) is 26.7 Å². The summed E-state index contributed by atoms with van der Waals surface area (Å²) in [5.74, 6) is 0.843. The zero-order chi connectivity index (χ0) is 15.7. The average molecular weight is 293 g/mol. The highest BCUT2D eigenvalue weighted by molar-refractivity contribution is 5.94. The predicted molar refractivity (Wildman–Crippen MR) is 81.6 cm³/mol. The zero-order valence-electron chi connectivity index (χ0n) is 12.7. The van der Waals surface area contributed by atoms with E-state index in [1.165, 1.54) is 0 Å². The molecule has 0 fully saturated rings. The summed E-state index contributed by atoms with van der Waals surface area (Å²) in [4.78, 5) is 23.3. The number of nitrogens with one attached hydrogen (secondary N) is 3. The molecule has 0 atom stereocenters. The number of rotatable bonds is 7. The molecule has 0 aliphatic carbocycles. The number of carbonyl (C=O) groups excluding carboxylic acids is 2. The Morgan fingerprint density at radius 3 is 2.52 bits per heavy atom. The van der Waals surface area contributed by atoms with Crippen LogP contribution in [0.2, 0.25) is 0 Å². The SMILES string of the molecule is COc1cccc(C(=O)NCCNC(=O)NCC(C)C)c1. The molecule has 0 radical (unpaired) electrons. The molecule has 0 unspecified atom stereocenters. The van der Waals surface area contributed by atoms with E-state index in [0.29, 0.717) is 36.9 Å². The van der Waals surface area contributed by atoms with Crippen molar-refractivity contribution in [3.8, 4) is 5.75 Å². The molecule has 3 N–H and O–H groups in total. The normalized spacial score (nSPS) is 10.1. The molecule has 0 saturated carbocycles. The van der Waals surface area contributed by atoms with Gasteiger partial charge in [0.1, 0.15) is 5.75 Å². The van der Waals surface area contributed by atoms with Gasteiger partial charge in [0.05, 0.1) is 7.11 Å². The molecule has 6 nitrogen and oxygen atoms in total. The first kappa shape index (κ1) is 16.8. The molecule has 6 heteroatoms. The van der Waals surface area contributed by atoms with Crippen molar-refractivity contribution in [3.05, 3.63) is 29.8 Å². The minimum Gasteiger partial charge on any atom is -0.497 e. The van der Waals surface area contributed by atoms with Gasteiger partial charge in [-0.3, -0.25) is 4.79 Å². The third-order valence-electron chi connectivity index (χ3n) is 2.70. The summed E-state index contributed by atoms with van der Waals surface area (Å²) in [6.45, 7) is 5.41. The van der Waals surface area contributed by atoms with Gasteiger partial charge in [0.25, 0.3) is 5.91 Å². The van der Waals surface area contributed by atoms with Crippen LogP contribution in [-0.4, -0.2) is 38.7 Å². The maximum Gasteiger partial charge on any atom is 0.314 e. The van der Waals surface area contributed by atoms with E-state index >= 15 is 0 Å². The molecule has 0 saturated heterocycles. The van der Waals surface area contributed by atoms with E-state index < -0.39 is 0 Å². The van der Waals surface area contributed by atoms with Crippen LogP contribution in [0.1, 0.15) is 24.2 Å².